The molecule has 4 nitrogen and oxygen atoms in total. The predicted octanol–water partition coefficient (Wildman–Crippen LogP) is 3.10. The van der Waals surface area contributed by atoms with Crippen LogP contribution in [0.25, 0.3) is 11.0 Å². The first-order valence-electron chi connectivity index (χ1n) is 7.36. The standard InChI is InChI=1S/C16H18N4S/c1-11-4-5-21-15(11)10-20-16-13(9-19-20)6-12(8-18-16)7-17-14-2-3-14/h4-6,8-9,14,17H,2-3,7,10H2,1H3. The summed E-state index contributed by atoms with van der Waals surface area (Å²) in [6.45, 7) is 3.86. The number of nitrogens with one attached hydrogen (secondary N) is 1. The first-order valence-corrected chi connectivity index (χ1v) is 8.24. The average Bonchev–Trinajstić information content (AvgIpc) is 3.12. The van der Waals surface area contributed by atoms with E-state index in [0.717, 1.165) is 30.2 Å². The zero-order valence-electron chi connectivity index (χ0n) is 12.0. The van der Waals surface area contributed by atoms with E-state index in [1.54, 1.807) is 11.3 Å². The van der Waals surface area contributed by atoms with Gasteiger partial charge < -0.3 is 5.32 Å². The summed E-state index contributed by atoms with van der Waals surface area (Å²) in [5.41, 5.74) is 3.54. The van der Waals surface area contributed by atoms with Crippen LogP contribution >= 0.6 is 11.3 Å². The van der Waals surface area contributed by atoms with Gasteiger partial charge in [0, 0.05) is 29.0 Å². The lowest BCUT2D eigenvalue weighted by atomic mass is 10.2. The van der Waals surface area contributed by atoms with Gasteiger partial charge in [-0.3, -0.25) is 0 Å². The molecule has 5 heteroatoms. The van der Waals surface area contributed by atoms with E-state index in [0.29, 0.717) is 0 Å². The molecule has 0 unspecified atom stereocenters. The third-order valence-corrected chi connectivity index (χ3v) is 4.97. The minimum atomic E-state index is 0.727. The van der Waals surface area contributed by atoms with E-state index < -0.39 is 0 Å². The Morgan fingerprint density at radius 1 is 1.38 bits per heavy atom. The number of hydrogen-bond donors (Lipinski definition) is 1. The van der Waals surface area contributed by atoms with Crippen molar-refractivity contribution in [1.29, 1.82) is 0 Å². The maximum Gasteiger partial charge on any atom is 0.158 e. The predicted molar refractivity (Wildman–Crippen MR) is 85.5 cm³/mol. The Hall–Kier alpha value is -1.72. The molecule has 3 heterocycles. The van der Waals surface area contributed by atoms with Crippen molar-refractivity contribution < 1.29 is 0 Å². The second-order valence-corrected chi connectivity index (χ2v) is 6.74. The van der Waals surface area contributed by atoms with Gasteiger partial charge >= 0.3 is 0 Å². The summed E-state index contributed by atoms with van der Waals surface area (Å²) in [7, 11) is 0. The molecule has 0 aliphatic heterocycles. The highest BCUT2D eigenvalue weighted by molar-refractivity contribution is 7.10. The Kier molecular flexibility index (Phi) is 3.24. The van der Waals surface area contributed by atoms with E-state index in [1.807, 2.05) is 17.1 Å². The van der Waals surface area contributed by atoms with E-state index in [9.17, 15) is 0 Å². The molecule has 0 spiro atoms. The van der Waals surface area contributed by atoms with Crippen LogP contribution in [0.4, 0.5) is 0 Å². The highest BCUT2D eigenvalue weighted by Crippen LogP contribution is 2.21. The Morgan fingerprint density at radius 3 is 3.05 bits per heavy atom. The Morgan fingerprint density at radius 2 is 2.29 bits per heavy atom. The van der Waals surface area contributed by atoms with Gasteiger partial charge in [-0.2, -0.15) is 5.10 Å². The molecule has 4 rings (SSSR count). The van der Waals surface area contributed by atoms with Crippen LogP contribution in [0.1, 0.15) is 28.8 Å². The number of fused-ring (bicyclic) bond motifs is 1. The molecular formula is C16H18N4S. The lowest BCUT2D eigenvalue weighted by molar-refractivity contribution is 0.685. The molecule has 1 saturated carbocycles. The number of thiophene rings is 1. The normalized spacial score (nSPS) is 14.9. The van der Waals surface area contributed by atoms with Gasteiger partial charge in [-0.15, -0.1) is 11.3 Å². The zero-order valence-corrected chi connectivity index (χ0v) is 12.9. The molecule has 0 saturated heterocycles. The second kappa shape index (κ2) is 5.24. The summed E-state index contributed by atoms with van der Waals surface area (Å²) in [5, 5.41) is 11.3. The van der Waals surface area contributed by atoms with E-state index >= 15 is 0 Å². The molecule has 0 bridgehead atoms. The van der Waals surface area contributed by atoms with Crippen molar-refractivity contribution in [2.24, 2.45) is 0 Å². The van der Waals surface area contributed by atoms with Crippen molar-refractivity contribution >= 4 is 22.4 Å². The van der Waals surface area contributed by atoms with Crippen molar-refractivity contribution in [3.05, 3.63) is 45.9 Å². The molecule has 21 heavy (non-hydrogen) atoms. The average molecular weight is 298 g/mol. The lowest BCUT2D eigenvalue weighted by Gasteiger charge is -2.04. The lowest BCUT2D eigenvalue weighted by Crippen LogP contribution is -2.15. The highest BCUT2D eigenvalue weighted by Gasteiger charge is 2.20. The van der Waals surface area contributed by atoms with E-state index in [-0.39, 0.29) is 0 Å². The van der Waals surface area contributed by atoms with Crippen molar-refractivity contribution in [2.75, 3.05) is 0 Å². The minimum Gasteiger partial charge on any atom is -0.310 e. The number of aryl methyl sites for hydroxylation is 1. The maximum atomic E-state index is 4.61. The topological polar surface area (TPSA) is 42.7 Å². The Labute approximate surface area is 127 Å². The molecule has 1 N–H and O–H groups in total. The monoisotopic (exact) mass is 298 g/mol. The van der Waals surface area contributed by atoms with Gasteiger partial charge in [0.15, 0.2) is 5.65 Å². The van der Waals surface area contributed by atoms with Gasteiger partial charge in [0.25, 0.3) is 0 Å². The first kappa shape index (κ1) is 13.0. The largest absolute Gasteiger partial charge is 0.310 e. The van der Waals surface area contributed by atoms with Crippen molar-refractivity contribution in [2.45, 2.75) is 38.9 Å². The van der Waals surface area contributed by atoms with Gasteiger partial charge in [-0.25, -0.2) is 9.67 Å². The summed E-state index contributed by atoms with van der Waals surface area (Å²) in [6, 6.07) is 5.08. The maximum absolute atomic E-state index is 4.61. The molecule has 0 amide bonds. The number of aromatic nitrogens is 3. The summed E-state index contributed by atoms with van der Waals surface area (Å²) in [4.78, 5) is 5.96. The minimum absolute atomic E-state index is 0.727. The fraction of sp³-hybridized carbons (Fsp3) is 0.375. The highest BCUT2D eigenvalue weighted by atomic mass is 32.1. The number of rotatable bonds is 5. The number of nitrogens with zero attached hydrogens (tertiary/aromatic N) is 3. The van der Waals surface area contributed by atoms with Crippen LogP contribution in [0.15, 0.2) is 29.9 Å². The van der Waals surface area contributed by atoms with Crippen LogP contribution in [0.3, 0.4) is 0 Å². The number of hydrogen-bond acceptors (Lipinski definition) is 4. The molecule has 108 valence electrons. The van der Waals surface area contributed by atoms with Crippen LogP contribution in [-0.2, 0) is 13.1 Å². The van der Waals surface area contributed by atoms with Gasteiger partial charge in [0.1, 0.15) is 0 Å². The molecule has 0 aromatic carbocycles. The van der Waals surface area contributed by atoms with Crippen molar-refractivity contribution in [1.82, 2.24) is 20.1 Å². The molecular weight excluding hydrogens is 280 g/mol. The molecule has 3 aromatic heterocycles. The van der Waals surface area contributed by atoms with Crippen molar-refractivity contribution in [3.63, 3.8) is 0 Å². The fourth-order valence-electron chi connectivity index (χ4n) is 2.48. The summed E-state index contributed by atoms with van der Waals surface area (Å²) in [6.07, 6.45) is 6.52. The molecule has 1 aliphatic carbocycles. The van der Waals surface area contributed by atoms with E-state index in [1.165, 1.54) is 28.8 Å². The van der Waals surface area contributed by atoms with Crippen LogP contribution in [0.5, 0.6) is 0 Å². The van der Waals surface area contributed by atoms with Gasteiger partial charge in [0.05, 0.1) is 12.7 Å². The molecule has 1 aliphatic rings. The number of pyridine rings is 1. The van der Waals surface area contributed by atoms with Gasteiger partial charge in [0.2, 0.25) is 0 Å². The van der Waals surface area contributed by atoms with Crippen LogP contribution in [0.2, 0.25) is 0 Å². The summed E-state index contributed by atoms with van der Waals surface area (Å²) in [5.74, 6) is 0. The smallest absolute Gasteiger partial charge is 0.158 e. The Balaban J connectivity index is 1.57. The van der Waals surface area contributed by atoms with E-state index in [4.69, 9.17) is 0 Å². The second-order valence-electron chi connectivity index (χ2n) is 5.74. The van der Waals surface area contributed by atoms with Crippen LogP contribution in [-0.4, -0.2) is 20.8 Å². The third-order valence-electron chi connectivity index (χ3n) is 3.97. The van der Waals surface area contributed by atoms with Crippen molar-refractivity contribution in [3.8, 4) is 0 Å². The SMILES string of the molecule is Cc1ccsc1Cn1ncc2cc(CNC3CC3)cnc21. The van der Waals surface area contributed by atoms with Crippen LogP contribution in [0, 0.1) is 6.92 Å². The summed E-state index contributed by atoms with van der Waals surface area (Å²) >= 11 is 1.78. The fourth-order valence-corrected chi connectivity index (χ4v) is 3.37. The van der Waals surface area contributed by atoms with Gasteiger partial charge in [-0.1, -0.05) is 0 Å². The first-order chi connectivity index (χ1) is 10.3. The quantitative estimate of drug-likeness (QED) is 0.787. The zero-order chi connectivity index (χ0) is 14.2. The Bertz CT molecular complexity index is 770. The third kappa shape index (κ3) is 2.71. The van der Waals surface area contributed by atoms with Gasteiger partial charge in [-0.05, 0) is 48.4 Å². The van der Waals surface area contributed by atoms with Crippen LogP contribution < -0.4 is 5.32 Å². The van der Waals surface area contributed by atoms with E-state index in [2.05, 4.69) is 39.8 Å². The molecule has 3 aromatic rings. The summed E-state index contributed by atoms with van der Waals surface area (Å²) < 4.78 is 1.99. The molecule has 0 radical (unpaired) electrons. The molecule has 0 atom stereocenters. The molecule has 1 fully saturated rings.